The summed E-state index contributed by atoms with van der Waals surface area (Å²) < 4.78 is 67.3. The van der Waals surface area contributed by atoms with Crippen LogP contribution in [-0.4, -0.2) is 286 Å². The molecule has 11 N–H and O–H groups in total. The molecule has 0 spiro atoms. The highest BCUT2D eigenvalue weighted by Gasteiger charge is 2.17. The van der Waals surface area contributed by atoms with E-state index in [0.717, 1.165) is 161 Å². The second kappa shape index (κ2) is 143. The van der Waals surface area contributed by atoms with Crippen LogP contribution in [0.5, 0.6) is 0 Å². The minimum Gasteiger partial charge on any atom is -0.481 e. The Kier molecular flexibility index (Phi) is 152. The Bertz CT molecular complexity index is 2550. The lowest BCUT2D eigenvalue weighted by Gasteiger charge is -2.18. The van der Waals surface area contributed by atoms with Gasteiger partial charge in [-0.1, -0.05) is 209 Å². The van der Waals surface area contributed by atoms with E-state index in [4.69, 9.17) is 108 Å². The number of nitrogens with zero attached hydrogens (tertiary/aromatic N) is 1. The molecule has 0 bridgehead atoms. The maximum Gasteiger partial charge on any atom is 0.310 e. The first kappa shape index (κ1) is 148. The normalized spacial score (nSPS) is 11.1. The maximum atomic E-state index is 11.9. The van der Waals surface area contributed by atoms with Crippen molar-refractivity contribution < 1.29 is 132 Å². The van der Waals surface area contributed by atoms with Crippen molar-refractivity contribution in [3.05, 3.63) is 101 Å². The number of aliphatic carboxylic acids is 1. The van der Waals surface area contributed by atoms with E-state index in [1.165, 1.54) is 174 Å². The summed E-state index contributed by atoms with van der Waals surface area (Å²) in [6.07, 6.45) is 72.3. The molecule has 0 aliphatic carbocycles. The van der Waals surface area contributed by atoms with Gasteiger partial charge in [-0.3, -0.25) is 24.0 Å². The number of nitriles is 1. The topological polar surface area (TPSA) is 435 Å². The third kappa shape index (κ3) is 152. The van der Waals surface area contributed by atoms with Crippen molar-refractivity contribution in [2.75, 3.05) is 192 Å². The van der Waals surface area contributed by atoms with Crippen LogP contribution in [0.1, 0.15) is 347 Å². The van der Waals surface area contributed by atoms with Gasteiger partial charge >= 0.3 is 17.9 Å². The Morgan fingerprint density at radius 2 is 0.597 bits per heavy atom. The molecule has 0 aliphatic rings. The van der Waals surface area contributed by atoms with Crippen molar-refractivity contribution in [3.63, 3.8) is 0 Å². The molecular weight excluding hydrogens is 1780 g/mol. The fraction of sp³-hybridized carbons (Fsp3) is 0.798. The highest BCUT2D eigenvalue weighted by molar-refractivity contribution is 5.76. The molecule has 820 valence electrons. The number of unbranched alkanes of at least 4 members (excludes halogenated alkanes) is 38. The zero-order chi connectivity index (χ0) is 104. The summed E-state index contributed by atoms with van der Waals surface area (Å²) in [7, 11) is 1.40. The lowest BCUT2D eigenvalue weighted by atomic mass is 10.1. The smallest absolute Gasteiger partial charge is 0.310 e. The van der Waals surface area contributed by atoms with E-state index in [0.29, 0.717) is 85.1 Å². The molecule has 0 rings (SSSR count). The first-order chi connectivity index (χ1) is 68.0. The lowest BCUT2D eigenvalue weighted by Crippen LogP contribution is -2.29. The lowest BCUT2D eigenvalue weighted by molar-refractivity contribution is -0.156. The number of nitrogens with one attached hydrogen (secondary N) is 2. The second-order valence-corrected chi connectivity index (χ2v) is 33.1. The fourth-order valence-electron chi connectivity index (χ4n) is 12.5. The van der Waals surface area contributed by atoms with Crippen LogP contribution in [0.15, 0.2) is 101 Å². The summed E-state index contributed by atoms with van der Waals surface area (Å²) in [5.74, 6) is -1.52. The van der Waals surface area contributed by atoms with Crippen LogP contribution in [0.25, 0.3) is 0 Å². The van der Waals surface area contributed by atoms with Crippen molar-refractivity contribution in [2.45, 2.75) is 366 Å². The zero-order valence-electron chi connectivity index (χ0n) is 87.7. The molecule has 0 aromatic heterocycles. The summed E-state index contributed by atoms with van der Waals surface area (Å²) >= 11 is 0. The van der Waals surface area contributed by atoms with Gasteiger partial charge in [0.2, 0.25) is 11.8 Å². The highest BCUT2D eigenvalue weighted by atomic mass is 16.6. The Balaban J connectivity index is -0.000000237. The summed E-state index contributed by atoms with van der Waals surface area (Å²) in [6.45, 7) is 39.2. The van der Waals surface area contributed by atoms with Crippen LogP contribution >= 0.6 is 0 Å². The van der Waals surface area contributed by atoms with Crippen LogP contribution in [0, 0.1) is 17.2 Å². The number of methoxy groups -OCH3 is 1. The number of aliphatic hydroxyl groups excluding tert-OH is 8. The average Bonchev–Trinajstić information content (AvgIpc) is 0.798. The molecule has 0 heterocycles. The number of carboxylic acid groups (broad SMARTS) is 1. The Hall–Kier alpha value is -6.00. The number of ether oxygens (including phenoxy) is 13. The molecule has 0 saturated heterocycles. The first-order valence-corrected chi connectivity index (χ1v) is 52.5. The SMILES string of the molecule is C=CCC(CCOCCO)OCCO.C=CCCCCC(COCCO)OCCO.C=CCCCCCCCCC(=O)NCOCCC(=O)O.C=CCCCCCCCCC(=O)NCOCCO.C=CCCCCCCCCCC(=O)OC(COCCO)COCCO.C=CCCCCCCCCCOCCO.C=CCCCCCCCOCC(C)C(=O)OC.C=CCCCCCCCOCCC#N. The Labute approximate surface area is 844 Å². The molecule has 0 radical (unpaired) electrons. The molecule has 30 nitrogen and oxygen atoms in total. The van der Waals surface area contributed by atoms with Crippen molar-refractivity contribution in [2.24, 2.45) is 5.92 Å². The van der Waals surface area contributed by atoms with Gasteiger partial charge in [0.1, 0.15) is 19.6 Å². The maximum absolute atomic E-state index is 11.9. The van der Waals surface area contributed by atoms with Crippen LogP contribution in [-0.2, 0) is 85.6 Å². The van der Waals surface area contributed by atoms with E-state index in [-0.39, 0.29) is 154 Å². The number of rotatable bonds is 101. The third-order valence-electron chi connectivity index (χ3n) is 20.2. The second-order valence-electron chi connectivity index (χ2n) is 33.1. The molecule has 0 aromatic rings. The van der Waals surface area contributed by atoms with E-state index < -0.39 is 12.1 Å². The zero-order valence-corrected chi connectivity index (χ0v) is 87.7. The molecule has 0 fully saturated rings. The summed E-state index contributed by atoms with van der Waals surface area (Å²) in [6, 6.07) is 2.06. The fourth-order valence-corrected chi connectivity index (χ4v) is 12.5. The van der Waals surface area contributed by atoms with Crippen molar-refractivity contribution >= 4 is 29.7 Å². The number of hydrogen-bond donors (Lipinski definition) is 11. The Morgan fingerprint density at radius 3 is 0.950 bits per heavy atom. The quantitative estimate of drug-likeness (QED) is 0.0117. The molecule has 3 unspecified atom stereocenters. The van der Waals surface area contributed by atoms with Crippen LogP contribution in [0.4, 0.5) is 0 Å². The van der Waals surface area contributed by atoms with Gasteiger partial charge in [0.15, 0.2) is 0 Å². The number of carbonyl (C=O) groups excluding carboxylic acids is 4. The standard InChI is InChI=1S/C19H36O6.C15H27NO4.C14H27NO3.C14H26O3.C13H26O2.C12H21NO.C12H24O4.C10H20O4/c1-2-3-4-5-6-7-8-9-10-11-19(22)25-18(16-23-14-12-20)17-24-15-13-21;1-2-3-4-5-6-7-8-9-10-14(17)16-13-20-12-11-15(18)19;1-2-3-4-5-6-7-8-9-10-14(17)15-13-18-12-11-16;1-4-5-6-7-8-9-10-11-17-12-13(2)14(15)16-3;1-2-3-4-5-6-7-8-9-10-12-15-13-11-14;1-2-3-4-5-6-7-8-11-14-12-9-10-13;1-2-3-4-5-6-12(16-10-8-14)11-15-9-7-13;1-2-3-10(14-9-6-12)4-7-13-8-5-11/h2,18,20-21H,1,3-17H2;2H,1,3-13H2,(H,16,17)(H,18,19);2,16H,1,3-13H2,(H,15,17);4,13H,1,5-12H2,2-3H3;2,14H,1,3-13H2;2H,1,3-9,11-12H2;2,12-14H,1,3-11H2;2,10-12H,1,3-9H2. The molecule has 3 atom stereocenters. The van der Waals surface area contributed by atoms with Crippen LogP contribution in [0.2, 0.25) is 0 Å². The van der Waals surface area contributed by atoms with Gasteiger partial charge in [-0.2, -0.15) is 5.26 Å². The van der Waals surface area contributed by atoms with Crippen molar-refractivity contribution in [3.8, 4) is 6.07 Å². The van der Waals surface area contributed by atoms with E-state index in [1.54, 1.807) is 6.08 Å². The van der Waals surface area contributed by atoms with Gasteiger partial charge in [0.25, 0.3) is 0 Å². The van der Waals surface area contributed by atoms with Gasteiger partial charge < -0.3 is 118 Å². The van der Waals surface area contributed by atoms with Crippen LogP contribution in [0.3, 0.4) is 0 Å². The van der Waals surface area contributed by atoms with Gasteiger partial charge in [0.05, 0.1) is 189 Å². The van der Waals surface area contributed by atoms with Gasteiger partial charge in [-0.05, 0) is 155 Å². The minimum atomic E-state index is -0.899. The van der Waals surface area contributed by atoms with Crippen LogP contribution < -0.4 is 10.6 Å². The van der Waals surface area contributed by atoms with E-state index in [1.807, 2.05) is 49.5 Å². The molecule has 2 amide bonds. The molecule has 0 saturated carbocycles. The number of carboxylic acids is 1. The third-order valence-corrected chi connectivity index (χ3v) is 20.2. The number of amides is 2. The summed E-state index contributed by atoms with van der Waals surface area (Å²) in [5.41, 5.74) is 0. The van der Waals surface area contributed by atoms with Gasteiger partial charge in [0, 0.05) is 45.7 Å². The predicted molar refractivity (Wildman–Crippen MR) is 560 cm³/mol. The van der Waals surface area contributed by atoms with Crippen molar-refractivity contribution in [1.82, 2.24) is 10.6 Å². The summed E-state index contributed by atoms with van der Waals surface area (Å²) in [5, 5.41) is 90.6. The number of allylic oxidation sites excluding steroid dienone is 7. The highest BCUT2D eigenvalue weighted by Crippen LogP contribution is 2.16. The predicted octanol–water partition coefficient (Wildman–Crippen LogP) is 19.4. The Morgan fingerprint density at radius 1 is 0.302 bits per heavy atom. The number of aliphatic hydroxyl groups is 8. The monoisotopic (exact) mass is 1990 g/mol. The van der Waals surface area contributed by atoms with E-state index in [2.05, 4.69) is 74.1 Å². The molecule has 139 heavy (non-hydrogen) atoms. The molecule has 0 aromatic carbocycles. The van der Waals surface area contributed by atoms with E-state index >= 15 is 0 Å². The largest absolute Gasteiger partial charge is 0.481 e. The molecule has 30 heteroatoms. The van der Waals surface area contributed by atoms with Gasteiger partial charge in [-0.25, -0.2) is 0 Å². The average molecular weight is 1990 g/mol. The molecular formula is C109H207N3O27. The van der Waals surface area contributed by atoms with Gasteiger partial charge in [-0.15, -0.1) is 52.6 Å². The summed E-state index contributed by atoms with van der Waals surface area (Å²) in [4.78, 5) is 55.9. The molecule has 0 aliphatic heterocycles. The van der Waals surface area contributed by atoms with Crippen molar-refractivity contribution in [1.29, 1.82) is 5.26 Å². The number of carbonyl (C=O) groups is 5. The minimum absolute atomic E-state index is 0.0122. The number of esters is 2. The first-order valence-electron chi connectivity index (χ1n) is 52.5. The van der Waals surface area contributed by atoms with E-state index in [9.17, 15) is 24.0 Å². The number of hydrogen-bond acceptors (Lipinski definition) is 27.